The van der Waals surface area contributed by atoms with Crippen LogP contribution in [0.5, 0.6) is 0 Å². The average molecular weight is 255 g/mol. The van der Waals surface area contributed by atoms with Crippen LogP contribution < -0.4 is 0 Å². The maximum absolute atomic E-state index is 8.81. The molecule has 0 aliphatic rings. The average Bonchev–Trinajstić information content (AvgIpc) is 2.73. The van der Waals surface area contributed by atoms with Gasteiger partial charge in [-0.1, -0.05) is 11.6 Å². The summed E-state index contributed by atoms with van der Waals surface area (Å²) in [6, 6.07) is 10.3. The molecule has 0 spiro atoms. The van der Waals surface area contributed by atoms with E-state index in [1.54, 1.807) is 0 Å². The van der Waals surface area contributed by atoms with E-state index < -0.39 is 0 Å². The van der Waals surface area contributed by atoms with Crippen molar-refractivity contribution in [3.05, 3.63) is 46.2 Å². The second-order valence-corrected chi connectivity index (χ2v) is 4.16. The molecule has 0 amide bonds. The highest BCUT2D eigenvalue weighted by Gasteiger charge is 2.10. The Balaban J connectivity index is 2.56. The second kappa shape index (κ2) is 4.96. The van der Waals surface area contributed by atoms with Gasteiger partial charge in [0.05, 0.1) is 5.69 Å². The van der Waals surface area contributed by atoms with Crippen LogP contribution in [0, 0.1) is 36.7 Å². The van der Waals surface area contributed by atoms with Crippen LogP contribution in [0.2, 0.25) is 5.15 Å². The number of hydrogen-bond donors (Lipinski definition) is 0. The van der Waals surface area contributed by atoms with Crippen molar-refractivity contribution in [1.82, 2.24) is 9.78 Å². The molecule has 1 heterocycles. The largest absolute Gasteiger partial charge is 0.221 e. The molecule has 0 saturated carbocycles. The molecule has 0 unspecified atom stereocenters. The zero-order chi connectivity index (χ0) is 13.1. The van der Waals surface area contributed by atoms with Gasteiger partial charge in [0, 0.05) is 12.5 Å². The van der Waals surface area contributed by atoms with Crippen molar-refractivity contribution in [1.29, 1.82) is 5.26 Å². The highest BCUT2D eigenvalue weighted by Crippen LogP contribution is 2.21. The summed E-state index contributed by atoms with van der Waals surface area (Å²) in [5.74, 6) is 2.58. The Morgan fingerprint density at radius 2 is 2.33 bits per heavy atom. The Hall–Kier alpha value is -2.23. The van der Waals surface area contributed by atoms with Crippen LogP contribution in [0.1, 0.15) is 16.8 Å². The van der Waals surface area contributed by atoms with Gasteiger partial charge in [-0.25, -0.2) is 4.68 Å². The van der Waals surface area contributed by atoms with Crippen LogP contribution in [0.15, 0.2) is 18.2 Å². The van der Waals surface area contributed by atoms with Gasteiger partial charge in [-0.05, 0) is 36.2 Å². The number of halogens is 1. The Morgan fingerprint density at radius 1 is 1.56 bits per heavy atom. The Labute approximate surface area is 111 Å². The van der Waals surface area contributed by atoms with E-state index in [1.165, 1.54) is 10.7 Å². The summed E-state index contributed by atoms with van der Waals surface area (Å²) in [4.78, 5) is 0. The Kier molecular flexibility index (Phi) is 3.37. The lowest BCUT2D eigenvalue weighted by Gasteiger charge is -2.08. The molecule has 4 heteroatoms. The summed E-state index contributed by atoms with van der Waals surface area (Å²) in [5.41, 5.74) is 2.92. The van der Waals surface area contributed by atoms with Crippen LogP contribution in [0.3, 0.4) is 0 Å². The van der Waals surface area contributed by atoms with Gasteiger partial charge in [0.25, 0.3) is 0 Å². The van der Waals surface area contributed by atoms with Crippen molar-refractivity contribution in [2.24, 2.45) is 0 Å². The van der Waals surface area contributed by atoms with E-state index in [-0.39, 0.29) is 5.69 Å². The summed E-state index contributed by atoms with van der Waals surface area (Å²) >= 11 is 6.05. The molecule has 2 aromatic rings. The standard InChI is InChI=1S/C14H9ClN3/c1-3-4-11-6-5-10(2)13(7-11)18-14(15)8-12(9-16)17-18/h1,6-8H,4H2,2H3. The van der Waals surface area contributed by atoms with Gasteiger partial charge in [0.2, 0.25) is 0 Å². The number of terminal acetylenes is 1. The zero-order valence-electron chi connectivity index (χ0n) is 9.74. The van der Waals surface area contributed by atoms with Gasteiger partial charge in [0.15, 0.2) is 5.69 Å². The molecule has 18 heavy (non-hydrogen) atoms. The number of nitriles is 1. The fourth-order valence-electron chi connectivity index (χ4n) is 1.62. The number of aryl methyl sites for hydroxylation is 1. The normalized spacial score (nSPS) is 9.78. The SMILES string of the molecule is C#CCc1c[c]c(C)c(-n2nc(C#N)cc2Cl)c1. The lowest BCUT2D eigenvalue weighted by Crippen LogP contribution is -2.01. The molecular weight excluding hydrogens is 246 g/mol. The third-order valence-electron chi connectivity index (χ3n) is 2.50. The minimum absolute atomic E-state index is 0.279. The third-order valence-corrected chi connectivity index (χ3v) is 2.76. The summed E-state index contributed by atoms with van der Waals surface area (Å²) in [6.45, 7) is 1.90. The maximum atomic E-state index is 8.81. The number of rotatable bonds is 2. The van der Waals surface area contributed by atoms with Gasteiger partial charge in [-0.15, -0.1) is 12.3 Å². The van der Waals surface area contributed by atoms with E-state index in [9.17, 15) is 0 Å². The van der Waals surface area contributed by atoms with Gasteiger partial charge in [0.1, 0.15) is 11.2 Å². The highest BCUT2D eigenvalue weighted by molar-refractivity contribution is 6.29. The van der Waals surface area contributed by atoms with Crippen molar-refractivity contribution in [3.63, 3.8) is 0 Å². The molecule has 0 N–H and O–H groups in total. The molecular formula is C14H9ClN3. The van der Waals surface area contributed by atoms with Crippen molar-refractivity contribution in [3.8, 4) is 24.1 Å². The van der Waals surface area contributed by atoms with Gasteiger partial charge >= 0.3 is 0 Å². The van der Waals surface area contributed by atoms with E-state index in [0.717, 1.165) is 16.8 Å². The van der Waals surface area contributed by atoms with Crippen LogP contribution in [0.4, 0.5) is 0 Å². The molecule has 0 saturated heterocycles. The molecule has 1 radical (unpaired) electrons. The van der Waals surface area contributed by atoms with Crippen LogP contribution in [-0.2, 0) is 6.42 Å². The molecule has 1 aromatic heterocycles. The molecule has 1 aromatic carbocycles. The highest BCUT2D eigenvalue weighted by atomic mass is 35.5. The van der Waals surface area contributed by atoms with Gasteiger partial charge < -0.3 is 0 Å². The Morgan fingerprint density at radius 3 is 2.94 bits per heavy atom. The quantitative estimate of drug-likeness (QED) is 0.773. The molecule has 0 fully saturated rings. The summed E-state index contributed by atoms with van der Waals surface area (Å²) < 4.78 is 1.52. The lowest BCUT2D eigenvalue weighted by molar-refractivity contribution is 0.864. The van der Waals surface area contributed by atoms with Crippen LogP contribution in [0.25, 0.3) is 5.69 Å². The minimum atomic E-state index is 0.279. The number of aromatic nitrogens is 2. The summed E-state index contributed by atoms with van der Waals surface area (Å²) in [6.07, 6.45) is 5.81. The second-order valence-electron chi connectivity index (χ2n) is 3.77. The summed E-state index contributed by atoms with van der Waals surface area (Å²) in [5, 5.41) is 13.3. The first-order valence-corrected chi connectivity index (χ1v) is 5.64. The molecule has 0 bridgehead atoms. The molecule has 0 aliphatic carbocycles. The molecule has 2 rings (SSSR count). The van der Waals surface area contributed by atoms with E-state index in [1.807, 2.05) is 25.1 Å². The monoisotopic (exact) mass is 254 g/mol. The Bertz CT molecular complexity index is 671. The minimum Gasteiger partial charge on any atom is -0.221 e. The van der Waals surface area contributed by atoms with Crippen molar-refractivity contribution >= 4 is 11.6 Å². The van der Waals surface area contributed by atoms with E-state index in [4.69, 9.17) is 23.3 Å². The molecule has 0 atom stereocenters. The fraction of sp³-hybridized carbons (Fsp3) is 0.143. The predicted molar refractivity (Wildman–Crippen MR) is 69.4 cm³/mol. The smallest absolute Gasteiger partial charge is 0.164 e. The first-order chi connectivity index (χ1) is 8.65. The van der Waals surface area contributed by atoms with E-state index in [2.05, 4.69) is 17.1 Å². The van der Waals surface area contributed by atoms with Crippen molar-refractivity contribution in [2.45, 2.75) is 13.3 Å². The number of hydrogen-bond acceptors (Lipinski definition) is 2. The number of benzene rings is 1. The van der Waals surface area contributed by atoms with Crippen molar-refractivity contribution < 1.29 is 0 Å². The first kappa shape index (κ1) is 12.2. The summed E-state index contributed by atoms with van der Waals surface area (Å²) in [7, 11) is 0. The van der Waals surface area contributed by atoms with E-state index in [0.29, 0.717) is 11.6 Å². The first-order valence-electron chi connectivity index (χ1n) is 5.26. The maximum Gasteiger partial charge on any atom is 0.164 e. The van der Waals surface area contributed by atoms with Gasteiger partial charge in [-0.3, -0.25) is 0 Å². The molecule has 87 valence electrons. The lowest BCUT2D eigenvalue weighted by atomic mass is 10.1. The number of nitrogens with zero attached hydrogens (tertiary/aromatic N) is 3. The van der Waals surface area contributed by atoms with Gasteiger partial charge in [-0.2, -0.15) is 10.4 Å². The molecule has 3 nitrogen and oxygen atoms in total. The van der Waals surface area contributed by atoms with Crippen LogP contribution in [-0.4, -0.2) is 9.78 Å². The van der Waals surface area contributed by atoms with Crippen LogP contribution >= 0.6 is 11.6 Å². The molecule has 0 aliphatic heterocycles. The fourth-order valence-corrected chi connectivity index (χ4v) is 1.85. The van der Waals surface area contributed by atoms with Crippen molar-refractivity contribution in [2.75, 3.05) is 0 Å². The third kappa shape index (κ3) is 2.22. The topological polar surface area (TPSA) is 41.6 Å². The van der Waals surface area contributed by atoms with E-state index >= 15 is 0 Å². The predicted octanol–water partition coefficient (Wildman–Crippen LogP) is 2.68. The zero-order valence-corrected chi connectivity index (χ0v) is 10.5.